The smallest absolute Gasteiger partial charge is 0.441 e. The SMILES string of the molecule is Cc1oc(-c2ccccc2)nc1CCB1OC(C)(C)C(C)(C)O1. The summed E-state index contributed by atoms with van der Waals surface area (Å²) in [6, 6.07) is 9.96. The van der Waals surface area contributed by atoms with Crippen molar-refractivity contribution in [3.63, 3.8) is 0 Å². The molecule has 0 N–H and O–H groups in total. The molecule has 0 aliphatic carbocycles. The number of oxazole rings is 1. The van der Waals surface area contributed by atoms with Crippen LogP contribution in [0, 0.1) is 6.92 Å². The quantitative estimate of drug-likeness (QED) is 0.790. The third kappa shape index (κ3) is 3.21. The van der Waals surface area contributed by atoms with Gasteiger partial charge in [-0.15, -0.1) is 0 Å². The van der Waals surface area contributed by atoms with Crippen LogP contribution < -0.4 is 0 Å². The Hall–Kier alpha value is -1.59. The third-order valence-electron chi connectivity index (χ3n) is 4.83. The zero-order chi connectivity index (χ0) is 16.7. The summed E-state index contributed by atoms with van der Waals surface area (Å²) in [4.78, 5) is 4.64. The molecule has 0 saturated carbocycles. The molecule has 1 aromatic heterocycles. The minimum atomic E-state index is -0.286. The van der Waals surface area contributed by atoms with Crippen molar-refractivity contribution in [3.05, 3.63) is 41.8 Å². The Kier molecular flexibility index (Phi) is 4.11. The predicted molar refractivity (Wildman–Crippen MR) is 91.3 cm³/mol. The fourth-order valence-corrected chi connectivity index (χ4v) is 2.70. The van der Waals surface area contributed by atoms with Gasteiger partial charge in [0, 0.05) is 5.56 Å². The summed E-state index contributed by atoms with van der Waals surface area (Å²) in [5.74, 6) is 1.53. The van der Waals surface area contributed by atoms with Gasteiger partial charge >= 0.3 is 7.12 Å². The Balaban J connectivity index is 1.67. The molecule has 0 amide bonds. The summed E-state index contributed by atoms with van der Waals surface area (Å²) in [5.41, 5.74) is 1.40. The lowest BCUT2D eigenvalue weighted by atomic mass is 9.82. The molecule has 2 aromatic rings. The molecule has 0 bridgehead atoms. The van der Waals surface area contributed by atoms with Crippen LogP contribution in [0.15, 0.2) is 34.7 Å². The van der Waals surface area contributed by atoms with E-state index in [9.17, 15) is 0 Å². The van der Waals surface area contributed by atoms with E-state index < -0.39 is 0 Å². The molecule has 1 fully saturated rings. The summed E-state index contributed by atoms with van der Waals surface area (Å²) in [6.07, 6.45) is 1.55. The van der Waals surface area contributed by atoms with Gasteiger partial charge in [0.1, 0.15) is 5.76 Å². The van der Waals surface area contributed by atoms with Crippen LogP contribution in [0.25, 0.3) is 11.5 Å². The van der Waals surface area contributed by atoms with Crippen molar-refractivity contribution in [2.75, 3.05) is 0 Å². The highest BCUT2D eigenvalue weighted by Crippen LogP contribution is 2.38. The predicted octanol–water partition coefficient (Wildman–Crippen LogP) is 4.28. The van der Waals surface area contributed by atoms with E-state index in [-0.39, 0.29) is 18.3 Å². The topological polar surface area (TPSA) is 44.5 Å². The zero-order valence-electron chi connectivity index (χ0n) is 14.6. The Morgan fingerprint density at radius 2 is 1.61 bits per heavy atom. The molecular formula is C18H24BNO3. The fraction of sp³-hybridized carbons (Fsp3) is 0.500. The van der Waals surface area contributed by atoms with Crippen molar-refractivity contribution in [1.29, 1.82) is 0 Å². The van der Waals surface area contributed by atoms with Crippen molar-refractivity contribution in [3.8, 4) is 11.5 Å². The van der Waals surface area contributed by atoms with Gasteiger partial charge in [-0.3, -0.25) is 0 Å². The van der Waals surface area contributed by atoms with Crippen molar-refractivity contribution < 1.29 is 13.7 Å². The van der Waals surface area contributed by atoms with Crippen LogP contribution in [-0.4, -0.2) is 23.3 Å². The van der Waals surface area contributed by atoms with E-state index in [1.807, 2.05) is 37.3 Å². The number of nitrogens with zero attached hydrogens (tertiary/aromatic N) is 1. The maximum atomic E-state index is 6.04. The minimum Gasteiger partial charge on any atom is -0.441 e. The number of aryl methyl sites for hydroxylation is 2. The molecule has 4 nitrogen and oxygen atoms in total. The first-order chi connectivity index (χ1) is 10.8. The van der Waals surface area contributed by atoms with E-state index in [1.165, 1.54) is 0 Å². The number of hydrogen-bond donors (Lipinski definition) is 0. The van der Waals surface area contributed by atoms with Crippen molar-refractivity contribution >= 4 is 7.12 Å². The van der Waals surface area contributed by atoms with Crippen LogP contribution in [0.2, 0.25) is 6.32 Å². The average molecular weight is 313 g/mol. The Morgan fingerprint density at radius 1 is 1.00 bits per heavy atom. The molecule has 0 atom stereocenters. The van der Waals surface area contributed by atoms with E-state index in [0.717, 1.165) is 29.8 Å². The molecule has 2 heterocycles. The van der Waals surface area contributed by atoms with Gasteiger partial charge in [0.25, 0.3) is 0 Å². The molecule has 0 unspecified atom stereocenters. The van der Waals surface area contributed by atoms with Crippen LogP contribution in [0.5, 0.6) is 0 Å². The van der Waals surface area contributed by atoms with Crippen LogP contribution in [-0.2, 0) is 15.7 Å². The standard InChI is InChI=1S/C18H24BNO3/c1-13-15(20-16(21-13)14-9-7-6-8-10-14)11-12-19-22-17(2,3)18(4,5)23-19/h6-10H,11-12H2,1-5H3. The van der Waals surface area contributed by atoms with E-state index in [0.29, 0.717) is 5.89 Å². The maximum absolute atomic E-state index is 6.04. The van der Waals surface area contributed by atoms with E-state index in [2.05, 4.69) is 32.7 Å². The molecule has 1 aliphatic rings. The van der Waals surface area contributed by atoms with Gasteiger partial charge in [0.2, 0.25) is 5.89 Å². The van der Waals surface area contributed by atoms with Gasteiger partial charge in [-0.2, -0.15) is 0 Å². The molecular weight excluding hydrogens is 289 g/mol. The molecule has 3 rings (SSSR count). The first-order valence-electron chi connectivity index (χ1n) is 8.16. The minimum absolute atomic E-state index is 0.198. The molecule has 0 radical (unpaired) electrons. The van der Waals surface area contributed by atoms with E-state index in [1.54, 1.807) is 0 Å². The van der Waals surface area contributed by atoms with Crippen LogP contribution in [0.1, 0.15) is 39.1 Å². The molecule has 5 heteroatoms. The van der Waals surface area contributed by atoms with Crippen LogP contribution >= 0.6 is 0 Å². The van der Waals surface area contributed by atoms with Crippen molar-refractivity contribution in [1.82, 2.24) is 4.98 Å². The van der Waals surface area contributed by atoms with Crippen LogP contribution in [0.4, 0.5) is 0 Å². The molecule has 23 heavy (non-hydrogen) atoms. The van der Waals surface area contributed by atoms with Crippen molar-refractivity contribution in [2.45, 2.75) is 58.6 Å². The third-order valence-corrected chi connectivity index (χ3v) is 4.83. The summed E-state index contributed by atoms with van der Waals surface area (Å²) in [5, 5.41) is 0. The average Bonchev–Trinajstić information content (AvgIpc) is 2.95. The fourth-order valence-electron chi connectivity index (χ4n) is 2.70. The summed E-state index contributed by atoms with van der Waals surface area (Å²) in [6.45, 7) is 10.2. The van der Waals surface area contributed by atoms with Crippen LogP contribution in [0.3, 0.4) is 0 Å². The summed E-state index contributed by atoms with van der Waals surface area (Å²) in [7, 11) is -0.198. The molecule has 122 valence electrons. The lowest BCUT2D eigenvalue weighted by Crippen LogP contribution is -2.41. The number of benzene rings is 1. The Morgan fingerprint density at radius 3 is 2.22 bits per heavy atom. The Labute approximate surface area is 138 Å². The number of hydrogen-bond acceptors (Lipinski definition) is 4. The lowest BCUT2D eigenvalue weighted by molar-refractivity contribution is 0.00578. The van der Waals surface area contributed by atoms with Gasteiger partial charge < -0.3 is 13.7 Å². The second-order valence-electron chi connectivity index (χ2n) is 7.11. The first kappa shape index (κ1) is 16.3. The van der Waals surface area contributed by atoms with Gasteiger partial charge in [0.05, 0.1) is 16.9 Å². The van der Waals surface area contributed by atoms with E-state index >= 15 is 0 Å². The largest absolute Gasteiger partial charge is 0.458 e. The van der Waals surface area contributed by atoms with Gasteiger partial charge in [0.15, 0.2) is 0 Å². The molecule has 0 spiro atoms. The van der Waals surface area contributed by atoms with E-state index in [4.69, 9.17) is 13.7 Å². The molecule has 1 aliphatic heterocycles. The highest BCUT2D eigenvalue weighted by Gasteiger charge is 2.50. The second-order valence-corrected chi connectivity index (χ2v) is 7.11. The second kappa shape index (κ2) is 5.80. The summed E-state index contributed by atoms with van der Waals surface area (Å²) < 4.78 is 17.9. The van der Waals surface area contributed by atoms with Gasteiger partial charge in [-0.25, -0.2) is 4.98 Å². The first-order valence-corrected chi connectivity index (χ1v) is 8.16. The monoisotopic (exact) mass is 313 g/mol. The number of rotatable bonds is 4. The molecule has 1 aromatic carbocycles. The highest BCUT2D eigenvalue weighted by molar-refractivity contribution is 6.45. The van der Waals surface area contributed by atoms with Gasteiger partial charge in [-0.1, -0.05) is 18.2 Å². The van der Waals surface area contributed by atoms with Gasteiger partial charge in [-0.05, 0) is 59.5 Å². The highest BCUT2D eigenvalue weighted by atomic mass is 16.7. The zero-order valence-corrected chi connectivity index (χ0v) is 14.6. The Bertz CT molecular complexity index is 663. The summed E-state index contributed by atoms with van der Waals surface area (Å²) >= 11 is 0. The lowest BCUT2D eigenvalue weighted by Gasteiger charge is -2.32. The number of aromatic nitrogens is 1. The normalized spacial score (nSPS) is 19.3. The van der Waals surface area contributed by atoms with Crippen molar-refractivity contribution in [2.24, 2.45) is 0 Å². The maximum Gasteiger partial charge on any atom is 0.458 e. The molecule has 1 saturated heterocycles.